The largest absolute Gasteiger partial charge is 0.497 e. The maximum absolute atomic E-state index is 13.7. The van der Waals surface area contributed by atoms with E-state index >= 15 is 0 Å². The van der Waals surface area contributed by atoms with Crippen LogP contribution in [0.3, 0.4) is 0 Å². The van der Waals surface area contributed by atoms with Gasteiger partial charge in [-0.1, -0.05) is 31.2 Å². The van der Waals surface area contributed by atoms with Crippen molar-refractivity contribution in [1.29, 1.82) is 0 Å². The highest BCUT2D eigenvalue weighted by atomic mass is 19.1. The van der Waals surface area contributed by atoms with E-state index in [1.54, 1.807) is 18.2 Å². The van der Waals surface area contributed by atoms with Crippen molar-refractivity contribution in [2.45, 2.75) is 44.9 Å². The van der Waals surface area contributed by atoms with Crippen molar-refractivity contribution in [3.05, 3.63) is 94.6 Å². The summed E-state index contributed by atoms with van der Waals surface area (Å²) >= 11 is 0. The molecule has 6 nitrogen and oxygen atoms in total. The van der Waals surface area contributed by atoms with E-state index in [1.807, 2.05) is 12.1 Å². The van der Waals surface area contributed by atoms with Crippen LogP contribution in [0.25, 0.3) is 0 Å². The SMILES string of the molecule is CCc1cccc(CNC[C@@H](OC(=O)Cc2cc(OC)cc(OC)c2)[C@@H](N)Cc2cc(F)cc(F)c2)c1. The zero-order valence-corrected chi connectivity index (χ0v) is 21.4. The second-order valence-electron chi connectivity index (χ2n) is 8.88. The lowest BCUT2D eigenvalue weighted by molar-refractivity contribution is -0.149. The molecule has 0 bridgehead atoms. The van der Waals surface area contributed by atoms with Crippen LogP contribution in [0.1, 0.15) is 29.2 Å². The Kier molecular flexibility index (Phi) is 10.4. The first-order valence-electron chi connectivity index (χ1n) is 12.2. The lowest BCUT2D eigenvalue weighted by Crippen LogP contribution is -2.46. The molecular weight excluding hydrogens is 478 g/mol. The van der Waals surface area contributed by atoms with Gasteiger partial charge in [0.25, 0.3) is 0 Å². The average molecular weight is 513 g/mol. The molecule has 0 aliphatic rings. The van der Waals surface area contributed by atoms with Crippen LogP contribution >= 0.6 is 0 Å². The molecule has 0 aliphatic heterocycles. The fraction of sp³-hybridized carbons (Fsp3) is 0.345. The summed E-state index contributed by atoms with van der Waals surface area (Å²) in [6.07, 6.45) is 0.301. The molecular formula is C29H34F2N2O4. The fourth-order valence-corrected chi connectivity index (χ4v) is 4.08. The highest BCUT2D eigenvalue weighted by molar-refractivity contribution is 5.73. The number of esters is 1. The van der Waals surface area contributed by atoms with Gasteiger partial charge in [-0.25, -0.2) is 8.78 Å². The van der Waals surface area contributed by atoms with E-state index in [0.29, 0.717) is 29.2 Å². The monoisotopic (exact) mass is 512 g/mol. The van der Waals surface area contributed by atoms with Gasteiger partial charge < -0.3 is 25.3 Å². The van der Waals surface area contributed by atoms with Gasteiger partial charge in [0.2, 0.25) is 0 Å². The van der Waals surface area contributed by atoms with Crippen LogP contribution in [0.15, 0.2) is 60.7 Å². The normalized spacial score (nSPS) is 12.6. The molecule has 0 saturated carbocycles. The minimum atomic E-state index is -0.735. The predicted octanol–water partition coefficient (Wildman–Crippen LogP) is 4.36. The Balaban J connectivity index is 1.71. The van der Waals surface area contributed by atoms with E-state index in [0.717, 1.165) is 18.1 Å². The van der Waals surface area contributed by atoms with Gasteiger partial charge in [-0.15, -0.1) is 0 Å². The Bertz CT molecular complexity index is 1150. The summed E-state index contributed by atoms with van der Waals surface area (Å²) in [6, 6.07) is 15.9. The number of carbonyl (C=O) groups is 1. The Morgan fingerprint density at radius 2 is 1.54 bits per heavy atom. The third-order valence-electron chi connectivity index (χ3n) is 5.99. The van der Waals surface area contributed by atoms with E-state index in [9.17, 15) is 13.6 Å². The summed E-state index contributed by atoms with van der Waals surface area (Å²) in [4.78, 5) is 12.9. The molecule has 0 heterocycles. The summed E-state index contributed by atoms with van der Waals surface area (Å²) in [7, 11) is 3.06. The number of nitrogens with one attached hydrogen (secondary N) is 1. The number of hydrogen-bond acceptors (Lipinski definition) is 6. The lowest BCUT2D eigenvalue weighted by atomic mass is 10.0. The Labute approximate surface area is 216 Å². The molecule has 3 aromatic rings. The first-order valence-corrected chi connectivity index (χ1v) is 12.2. The van der Waals surface area contributed by atoms with Gasteiger partial charge in [-0.2, -0.15) is 0 Å². The van der Waals surface area contributed by atoms with E-state index in [4.69, 9.17) is 19.9 Å². The lowest BCUT2D eigenvalue weighted by Gasteiger charge is -2.25. The second-order valence-corrected chi connectivity index (χ2v) is 8.88. The molecule has 0 amide bonds. The predicted molar refractivity (Wildman–Crippen MR) is 139 cm³/mol. The van der Waals surface area contributed by atoms with Crippen LogP contribution in [-0.4, -0.2) is 38.9 Å². The number of benzene rings is 3. The minimum absolute atomic E-state index is 0.0239. The molecule has 2 atom stereocenters. The Hall–Kier alpha value is -3.49. The number of nitrogens with two attached hydrogens (primary N) is 1. The number of ether oxygens (including phenoxy) is 3. The van der Waals surface area contributed by atoms with E-state index in [1.165, 1.54) is 31.9 Å². The molecule has 3 rings (SSSR count). The number of halogens is 2. The quantitative estimate of drug-likeness (QED) is 0.331. The molecule has 3 N–H and O–H groups in total. The minimum Gasteiger partial charge on any atom is -0.497 e. The Morgan fingerprint density at radius 1 is 0.892 bits per heavy atom. The van der Waals surface area contributed by atoms with Crippen LogP contribution in [0.5, 0.6) is 11.5 Å². The van der Waals surface area contributed by atoms with Gasteiger partial charge in [0.05, 0.1) is 20.6 Å². The van der Waals surface area contributed by atoms with Crippen molar-refractivity contribution >= 4 is 5.97 Å². The van der Waals surface area contributed by atoms with Gasteiger partial charge in [0, 0.05) is 31.3 Å². The van der Waals surface area contributed by atoms with Gasteiger partial charge in [-0.3, -0.25) is 4.79 Å². The maximum atomic E-state index is 13.7. The van der Waals surface area contributed by atoms with Crippen LogP contribution < -0.4 is 20.5 Å². The summed E-state index contributed by atoms with van der Waals surface area (Å²) in [6.45, 7) is 2.91. The second kappa shape index (κ2) is 13.7. The zero-order valence-electron chi connectivity index (χ0n) is 21.4. The highest BCUT2D eigenvalue weighted by Crippen LogP contribution is 2.23. The van der Waals surface area contributed by atoms with Gasteiger partial charge in [0.15, 0.2) is 0 Å². The molecule has 0 aliphatic carbocycles. The molecule has 3 aromatic carbocycles. The van der Waals surface area contributed by atoms with Crippen molar-refractivity contribution in [2.24, 2.45) is 5.73 Å². The number of hydrogen-bond donors (Lipinski definition) is 2. The Morgan fingerprint density at radius 3 is 2.16 bits per heavy atom. The summed E-state index contributed by atoms with van der Waals surface area (Å²) in [5.41, 5.74) is 9.77. The first-order chi connectivity index (χ1) is 17.8. The van der Waals surface area contributed by atoms with Gasteiger partial charge in [0.1, 0.15) is 29.2 Å². The van der Waals surface area contributed by atoms with E-state index in [2.05, 4.69) is 24.4 Å². The first kappa shape index (κ1) is 28.1. The van der Waals surface area contributed by atoms with E-state index in [-0.39, 0.29) is 19.4 Å². The average Bonchev–Trinajstić information content (AvgIpc) is 2.87. The van der Waals surface area contributed by atoms with Crippen molar-refractivity contribution in [3.8, 4) is 11.5 Å². The molecule has 0 radical (unpaired) electrons. The number of methoxy groups -OCH3 is 2. The smallest absolute Gasteiger partial charge is 0.310 e. The summed E-state index contributed by atoms with van der Waals surface area (Å²) in [5.74, 6) is -0.747. The maximum Gasteiger partial charge on any atom is 0.310 e. The zero-order chi connectivity index (χ0) is 26.8. The van der Waals surface area contributed by atoms with Crippen LogP contribution in [0, 0.1) is 11.6 Å². The van der Waals surface area contributed by atoms with Crippen LogP contribution in [0.2, 0.25) is 0 Å². The summed E-state index contributed by atoms with van der Waals surface area (Å²) < 4.78 is 43.7. The number of carbonyl (C=O) groups excluding carboxylic acids is 1. The molecule has 0 saturated heterocycles. The van der Waals surface area contributed by atoms with Crippen molar-refractivity contribution in [3.63, 3.8) is 0 Å². The molecule has 0 fully saturated rings. The third kappa shape index (κ3) is 8.84. The molecule has 8 heteroatoms. The number of aryl methyl sites for hydroxylation is 1. The van der Waals surface area contributed by atoms with E-state index < -0.39 is 29.7 Å². The van der Waals surface area contributed by atoms with Crippen molar-refractivity contribution < 1.29 is 27.8 Å². The molecule has 37 heavy (non-hydrogen) atoms. The summed E-state index contributed by atoms with van der Waals surface area (Å²) in [5, 5.41) is 3.30. The van der Waals surface area contributed by atoms with Gasteiger partial charge >= 0.3 is 5.97 Å². The van der Waals surface area contributed by atoms with Gasteiger partial charge in [-0.05, 0) is 59.4 Å². The fourth-order valence-electron chi connectivity index (χ4n) is 4.08. The molecule has 0 unspecified atom stereocenters. The standard InChI is InChI=1S/C29H34F2N2O4/c1-4-19-6-5-7-20(8-19)17-33-18-28(27(32)13-21-9-23(30)15-24(31)10-21)37-29(34)14-22-11-25(35-2)16-26(12-22)36-3/h5-12,15-16,27-28,33H,4,13-14,17-18,32H2,1-3H3/t27-,28+/m0/s1. The van der Waals surface area contributed by atoms with Crippen LogP contribution in [0.4, 0.5) is 8.78 Å². The van der Waals surface area contributed by atoms with Crippen molar-refractivity contribution in [2.75, 3.05) is 20.8 Å². The number of rotatable bonds is 13. The third-order valence-corrected chi connectivity index (χ3v) is 5.99. The molecule has 0 spiro atoms. The van der Waals surface area contributed by atoms with Crippen molar-refractivity contribution in [1.82, 2.24) is 5.32 Å². The topological polar surface area (TPSA) is 82.8 Å². The highest BCUT2D eigenvalue weighted by Gasteiger charge is 2.23. The van der Waals surface area contributed by atoms with Crippen LogP contribution in [-0.2, 0) is 35.3 Å². The molecule has 198 valence electrons. The molecule has 0 aromatic heterocycles.